The zero-order valence-corrected chi connectivity index (χ0v) is 9.75. The van der Waals surface area contributed by atoms with Crippen LogP contribution in [0.15, 0.2) is 23.3 Å². The van der Waals surface area contributed by atoms with E-state index in [1.54, 1.807) is 6.08 Å². The van der Waals surface area contributed by atoms with Crippen LogP contribution in [0.1, 0.15) is 33.6 Å². The van der Waals surface area contributed by atoms with Gasteiger partial charge in [-0.3, -0.25) is 4.79 Å². The third kappa shape index (κ3) is 9.22. The lowest BCUT2D eigenvalue weighted by Crippen LogP contribution is -2.01. The van der Waals surface area contributed by atoms with E-state index < -0.39 is 0 Å². The molecule has 3 heteroatoms. The van der Waals surface area contributed by atoms with Crippen molar-refractivity contribution in [3.63, 3.8) is 0 Å². The van der Waals surface area contributed by atoms with Crippen LogP contribution in [0.5, 0.6) is 0 Å². The van der Waals surface area contributed by atoms with Crippen LogP contribution in [0.2, 0.25) is 0 Å². The monoisotopic (exact) mass is 212 g/mol. The van der Waals surface area contributed by atoms with Gasteiger partial charge in [-0.15, -0.1) is 0 Å². The molecule has 0 fully saturated rings. The normalized spacial score (nSPS) is 12.8. The summed E-state index contributed by atoms with van der Waals surface area (Å²) in [5.41, 5.74) is 2.23. The molecule has 0 unspecified atom stereocenters. The Morgan fingerprint density at radius 3 is 2.40 bits per heavy atom. The summed E-state index contributed by atoms with van der Waals surface area (Å²) in [6, 6.07) is 0. The Balaban J connectivity index is 3.76. The van der Waals surface area contributed by atoms with Gasteiger partial charge in [0.1, 0.15) is 6.61 Å². The summed E-state index contributed by atoms with van der Waals surface area (Å²) in [4.78, 5) is 10.5. The molecule has 86 valence electrons. The van der Waals surface area contributed by atoms with E-state index in [-0.39, 0.29) is 12.6 Å². The summed E-state index contributed by atoms with van der Waals surface area (Å²) >= 11 is 0. The Kier molecular flexibility index (Phi) is 7.64. The minimum absolute atomic E-state index is 0.0992. The van der Waals surface area contributed by atoms with Crippen LogP contribution < -0.4 is 0 Å². The zero-order valence-electron chi connectivity index (χ0n) is 9.75. The number of allylic oxidation sites excluding steroid dienone is 2. The van der Waals surface area contributed by atoms with E-state index in [1.807, 2.05) is 13.8 Å². The topological polar surface area (TPSA) is 46.5 Å². The van der Waals surface area contributed by atoms with Crippen LogP contribution >= 0.6 is 0 Å². The molecular weight excluding hydrogens is 192 g/mol. The first-order valence-electron chi connectivity index (χ1n) is 5.11. The fourth-order valence-electron chi connectivity index (χ4n) is 1.08. The number of aliphatic hydroxyl groups is 1. The number of rotatable bonds is 6. The fourth-order valence-corrected chi connectivity index (χ4v) is 1.08. The third-order valence-corrected chi connectivity index (χ3v) is 1.97. The molecule has 0 atom stereocenters. The molecule has 0 aromatic rings. The van der Waals surface area contributed by atoms with Gasteiger partial charge in [-0.05, 0) is 32.3 Å². The van der Waals surface area contributed by atoms with Crippen molar-refractivity contribution in [3.05, 3.63) is 23.3 Å². The third-order valence-electron chi connectivity index (χ3n) is 1.97. The van der Waals surface area contributed by atoms with E-state index in [9.17, 15) is 4.79 Å². The first-order valence-corrected chi connectivity index (χ1v) is 5.11. The fraction of sp³-hybridized carbons (Fsp3) is 0.583. The van der Waals surface area contributed by atoms with Crippen LogP contribution in [0.25, 0.3) is 0 Å². The molecule has 0 aromatic heterocycles. The number of esters is 1. The summed E-state index contributed by atoms with van der Waals surface area (Å²) in [7, 11) is 0. The molecule has 0 aliphatic carbocycles. The minimum Gasteiger partial charge on any atom is -0.461 e. The van der Waals surface area contributed by atoms with Crippen molar-refractivity contribution in [2.75, 3.05) is 13.2 Å². The van der Waals surface area contributed by atoms with Crippen molar-refractivity contribution < 1.29 is 14.6 Å². The molecule has 15 heavy (non-hydrogen) atoms. The molecule has 0 aromatic carbocycles. The standard InChI is InChI=1S/C12H20O3/c1-10(7-8-13)5-4-6-11(2)9-15-12(3)14/h6-7,13H,4-5,8-9H2,1-3H3/b10-7-,11-6+. The maximum Gasteiger partial charge on any atom is 0.302 e. The van der Waals surface area contributed by atoms with Gasteiger partial charge in [0.25, 0.3) is 0 Å². The first-order chi connectivity index (χ1) is 7.06. The number of ether oxygens (including phenoxy) is 1. The van der Waals surface area contributed by atoms with Crippen LogP contribution in [-0.4, -0.2) is 24.3 Å². The molecule has 0 bridgehead atoms. The summed E-state index contributed by atoms with van der Waals surface area (Å²) in [6.45, 7) is 5.81. The second-order valence-electron chi connectivity index (χ2n) is 3.60. The van der Waals surface area contributed by atoms with Gasteiger partial charge in [-0.25, -0.2) is 0 Å². The highest BCUT2D eigenvalue weighted by Gasteiger charge is 1.94. The van der Waals surface area contributed by atoms with Crippen LogP contribution in [0, 0.1) is 0 Å². The molecule has 0 aliphatic heterocycles. The number of hydrogen-bond donors (Lipinski definition) is 1. The average molecular weight is 212 g/mol. The van der Waals surface area contributed by atoms with E-state index in [4.69, 9.17) is 9.84 Å². The summed E-state index contributed by atoms with van der Waals surface area (Å²) in [6.07, 6.45) is 5.69. The van der Waals surface area contributed by atoms with Crippen molar-refractivity contribution in [1.82, 2.24) is 0 Å². The SMILES string of the molecule is CC(=O)OC/C(C)=C/CC/C(C)=C\CO. The number of aliphatic hydroxyl groups excluding tert-OH is 1. The molecule has 0 amide bonds. The average Bonchev–Trinajstić information content (AvgIpc) is 2.15. The van der Waals surface area contributed by atoms with Crippen molar-refractivity contribution in [2.24, 2.45) is 0 Å². The molecule has 0 rings (SSSR count). The molecule has 0 saturated carbocycles. The van der Waals surface area contributed by atoms with Gasteiger partial charge in [0, 0.05) is 6.92 Å². The van der Waals surface area contributed by atoms with E-state index in [0.717, 1.165) is 18.4 Å². The Morgan fingerprint density at radius 2 is 1.87 bits per heavy atom. The summed E-state index contributed by atoms with van der Waals surface area (Å²) < 4.78 is 4.85. The summed E-state index contributed by atoms with van der Waals surface area (Å²) in [5, 5.41) is 8.64. The van der Waals surface area contributed by atoms with Crippen molar-refractivity contribution in [3.8, 4) is 0 Å². The van der Waals surface area contributed by atoms with Gasteiger partial charge in [0.05, 0.1) is 6.61 Å². The molecule has 0 aliphatic rings. The zero-order chi connectivity index (χ0) is 11.7. The van der Waals surface area contributed by atoms with Gasteiger partial charge < -0.3 is 9.84 Å². The van der Waals surface area contributed by atoms with E-state index >= 15 is 0 Å². The maximum absolute atomic E-state index is 10.5. The predicted octanol–water partition coefficient (Wildman–Crippen LogP) is 2.21. The highest BCUT2D eigenvalue weighted by Crippen LogP contribution is 2.06. The van der Waals surface area contributed by atoms with Crippen molar-refractivity contribution in [2.45, 2.75) is 33.6 Å². The highest BCUT2D eigenvalue weighted by molar-refractivity contribution is 5.66. The van der Waals surface area contributed by atoms with Crippen molar-refractivity contribution >= 4 is 5.97 Å². The lowest BCUT2D eigenvalue weighted by Gasteiger charge is -2.02. The lowest BCUT2D eigenvalue weighted by molar-refractivity contribution is -0.139. The second-order valence-corrected chi connectivity index (χ2v) is 3.60. The van der Waals surface area contributed by atoms with Crippen LogP contribution in [0.4, 0.5) is 0 Å². The molecule has 0 saturated heterocycles. The van der Waals surface area contributed by atoms with Crippen LogP contribution in [-0.2, 0) is 9.53 Å². The van der Waals surface area contributed by atoms with E-state index in [0.29, 0.717) is 6.61 Å². The largest absolute Gasteiger partial charge is 0.461 e. The second kappa shape index (κ2) is 8.24. The molecule has 1 N–H and O–H groups in total. The highest BCUT2D eigenvalue weighted by atomic mass is 16.5. The Hall–Kier alpha value is -1.09. The number of carbonyl (C=O) groups is 1. The molecule has 3 nitrogen and oxygen atoms in total. The first kappa shape index (κ1) is 13.9. The molecule has 0 radical (unpaired) electrons. The van der Waals surface area contributed by atoms with E-state index in [1.165, 1.54) is 12.5 Å². The van der Waals surface area contributed by atoms with Gasteiger partial charge >= 0.3 is 5.97 Å². The predicted molar refractivity (Wildman–Crippen MR) is 60.5 cm³/mol. The summed E-state index contributed by atoms with van der Waals surface area (Å²) in [5.74, 6) is -0.251. The molecular formula is C12H20O3. The van der Waals surface area contributed by atoms with Gasteiger partial charge in [-0.1, -0.05) is 17.7 Å². The van der Waals surface area contributed by atoms with Gasteiger partial charge in [0.15, 0.2) is 0 Å². The Labute approximate surface area is 91.4 Å². The molecule has 0 heterocycles. The minimum atomic E-state index is -0.251. The maximum atomic E-state index is 10.5. The van der Waals surface area contributed by atoms with Gasteiger partial charge in [0.2, 0.25) is 0 Å². The van der Waals surface area contributed by atoms with E-state index in [2.05, 4.69) is 6.08 Å². The quantitative estimate of drug-likeness (QED) is 0.542. The smallest absolute Gasteiger partial charge is 0.302 e. The van der Waals surface area contributed by atoms with Crippen LogP contribution in [0.3, 0.4) is 0 Å². The number of carbonyl (C=O) groups excluding carboxylic acids is 1. The van der Waals surface area contributed by atoms with Crippen molar-refractivity contribution in [1.29, 1.82) is 0 Å². The Morgan fingerprint density at radius 1 is 1.20 bits per heavy atom. The Bertz CT molecular complexity index is 252. The lowest BCUT2D eigenvalue weighted by atomic mass is 10.1. The number of hydrogen-bond acceptors (Lipinski definition) is 3. The van der Waals surface area contributed by atoms with Gasteiger partial charge in [-0.2, -0.15) is 0 Å². The molecule has 0 spiro atoms.